The minimum atomic E-state index is -1.05. The van der Waals surface area contributed by atoms with Crippen molar-refractivity contribution in [3.8, 4) is 5.75 Å². The lowest BCUT2D eigenvalue weighted by molar-refractivity contribution is -0.139. The molecule has 7 nitrogen and oxygen atoms in total. The number of rotatable bonds is 6. The molecule has 1 heterocycles. The molecule has 0 saturated heterocycles. The molecule has 3 aromatic rings. The third kappa shape index (κ3) is 4.48. The summed E-state index contributed by atoms with van der Waals surface area (Å²) in [5.41, 5.74) is 3.71. The molecule has 0 atom stereocenters. The number of nitrogens with zero attached hydrogens (tertiary/aromatic N) is 1. The van der Waals surface area contributed by atoms with E-state index < -0.39 is 18.5 Å². The maximum Gasteiger partial charge on any atom is 0.341 e. The van der Waals surface area contributed by atoms with Crippen LogP contribution in [0.25, 0.3) is 11.0 Å². The van der Waals surface area contributed by atoms with Crippen LogP contribution in [0.3, 0.4) is 0 Å². The van der Waals surface area contributed by atoms with Crippen molar-refractivity contribution >= 4 is 45.0 Å². The van der Waals surface area contributed by atoms with Crippen LogP contribution in [-0.2, 0) is 4.79 Å². The van der Waals surface area contributed by atoms with Gasteiger partial charge in [0.25, 0.3) is 0 Å². The first-order valence-electron chi connectivity index (χ1n) is 7.48. The number of hydrazone groups is 1. The molecule has 1 amide bonds. The van der Waals surface area contributed by atoms with E-state index in [0.717, 1.165) is 9.86 Å². The van der Waals surface area contributed by atoms with Gasteiger partial charge >= 0.3 is 11.9 Å². The minimum absolute atomic E-state index is 0.160. The number of ether oxygens (including phenoxy) is 1. The lowest BCUT2D eigenvalue weighted by Gasteiger charge is -2.02. The Kier molecular flexibility index (Phi) is 5.33. The van der Waals surface area contributed by atoms with E-state index in [4.69, 9.17) is 14.3 Å². The molecule has 0 radical (unpaired) electrons. The summed E-state index contributed by atoms with van der Waals surface area (Å²) in [4.78, 5) is 22.5. The summed E-state index contributed by atoms with van der Waals surface area (Å²) in [5, 5.41) is 13.2. The van der Waals surface area contributed by atoms with Crippen LogP contribution in [0.2, 0.25) is 0 Å². The number of nitrogens with one attached hydrogen (secondary N) is 1. The fraction of sp³-hybridized carbons (Fsp3) is 0.0556. The van der Waals surface area contributed by atoms with Gasteiger partial charge in [-0.05, 0) is 54.1 Å². The molecule has 0 unspecified atom stereocenters. The van der Waals surface area contributed by atoms with Gasteiger partial charge in [-0.25, -0.2) is 10.2 Å². The Morgan fingerprint density at radius 3 is 2.69 bits per heavy atom. The van der Waals surface area contributed by atoms with E-state index in [1.165, 1.54) is 6.21 Å². The second-order valence-electron chi connectivity index (χ2n) is 5.24. The van der Waals surface area contributed by atoms with E-state index in [0.29, 0.717) is 16.9 Å². The van der Waals surface area contributed by atoms with Gasteiger partial charge in [0.15, 0.2) is 12.4 Å². The maximum atomic E-state index is 12.1. The van der Waals surface area contributed by atoms with Gasteiger partial charge in [0, 0.05) is 9.86 Å². The average molecular weight is 417 g/mol. The van der Waals surface area contributed by atoms with Crippen LogP contribution < -0.4 is 10.2 Å². The van der Waals surface area contributed by atoms with Gasteiger partial charge in [0.05, 0.1) is 6.21 Å². The number of carboxylic acids is 1. The predicted octanol–water partition coefficient (Wildman–Crippen LogP) is 3.42. The monoisotopic (exact) mass is 416 g/mol. The van der Waals surface area contributed by atoms with Gasteiger partial charge in [0.2, 0.25) is 0 Å². The Morgan fingerprint density at radius 2 is 1.96 bits per heavy atom. The number of halogens is 1. The van der Waals surface area contributed by atoms with Gasteiger partial charge < -0.3 is 14.3 Å². The van der Waals surface area contributed by atoms with Gasteiger partial charge in [0.1, 0.15) is 11.3 Å². The van der Waals surface area contributed by atoms with Gasteiger partial charge in [-0.1, -0.05) is 15.9 Å². The summed E-state index contributed by atoms with van der Waals surface area (Å²) in [5.74, 6) is -0.916. The summed E-state index contributed by atoms with van der Waals surface area (Å²) >= 11 is 3.36. The number of hydrogen-bond donors (Lipinski definition) is 2. The molecule has 0 aliphatic heterocycles. The molecule has 0 fully saturated rings. The second kappa shape index (κ2) is 7.83. The smallest absolute Gasteiger partial charge is 0.341 e. The Labute approximate surface area is 156 Å². The van der Waals surface area contributed by atoms with E-state index in [2.05, 4.69) is 26.5 Å². The van der Waals surface area contributed by atoms with E-state index in [-0.39, 0.29) is 5.76 Å². The third-order valence-electron chi connectivity index (χ3n) is 3.32. The summed E-state index contributed by atoms with van der Waals surface area (Å²) in [7, 11) is 0. The van der Waals surface area contributed by atoms with Crippen molar-refractivity contribution in [3.05, 3.63) is 64.3 Å². The van der Waals surface area contributed by atoms with Crippen molar-refractivity contribution < 1.29 is 23.8 Å². The van der Waals surface area contributed by atoms with Crippen LogP contribution in [-0.4, -0.2) is 29.8 Å². The third-order valence-corrected chi connectivity index (χ3v) is 3.82. The van der Waals surface area contributed by atoms with Crippen LogP contribution in [0.4, 0.5) is 0 Å². The molecule has 0 aliphatic carbocycles. The largest absolute Gasteiger partial charge is 0.482 e. The highest BCUT2D eigenvalue weighted by Gasteiger charge is 2.11. The minimum Gasteiger partial charge on any atom is -0.482 e. The van der Waals surface area contributed by atoms with Crippen molar-refractivity contribution in [1.29, 1.82) is 0 Å². The molecule has 0 bridgehead atoms. The lowest BCUT2D eigenvalue weighted by atomic mass is 10.2. The molecule has 132 valence electrons. The van der Waals surface area contributed by atoms with Crippen LogP contribution in [0.5, 0.6) is 5.75 Å². The average Bonchev–Trinajstić information content (AvgIpc) is 3.04. The zero-order chi connectivity index (χ0) is 18.5. The number of hydrogen-bond acceptors (Lipinski definition) is 5. The summed E-state index contributed by atoms with van der Waals surface area (Å²) < 4.78 is 11.4. The number of aliphatic carboxylic acids is 1. The fourth-order valence-electron chi connectivity index (χ4n) is 2.14. The van der Waals surface area contributed by atoms with Crippen molar-refractivity contribution in [2.24, 2.45) is 5.10 Å². The van der Waals surface area contributed by atoms with Crippen LogP contribution >= 0.6 is 15.9 Å². The fourth-order valence-corrected chi connectivity index (χ4v) is 2.52. The molecule has 8 heteroatoms. The van der Waals surface area contributed by atoms with Gasteiger partial charge in [-0.15, -0.1) is 0 Å². The van der Waals surface area contributed by atoms with Gasteiger partial charge in [-0.3, -0.25) is 4.79 Å². The number of fused-ring (bicyclic) bond motifs is 1. The highest BCUT2D eigenvalue weighted by atomic mass is 79.9. The molecule has 0 aliphatic rings. The summed E-state index contributed by atoms with van der Waals surface area (Å²) in [6.07, 6.45) is 1.46. The normalized spacial score (nSPS) is 11.0. The van der Waals surface area contributed by atoms with E-state index in [1.54, 1.807) is 36.4 Å². The first-order chi connectivity index (χ1) is 12.5. The quantitative estimate of drug-likeness (QED) is 0.473. The molecule has 2 aromatic carbocycles. The number of carbonyl (C=O) groups is 2. The zero-order valence-electron chi connectivity index (χ0n) is 13.3. The molecular weight excluding hydrogens is 404 g/mol. The maximum absolute atomic E-state index is 12.1. The molecule has 3 rings (SSSR count). The Balaban J connectivity index is 1.60. The first kappa shape index (κ1) is 17.7. The highest BCUT2D eigenvalue weighted by molar-refractivity contribution is 9.10. The SMILES string of the molecule is O=C(O)COc1ccc(/C=N/NC(=O)c2cc3cc(Br)ccc3o2)cc1. The number of amides is 1. The highest BCUT2D eigenvalue weighted by Crippen LogP contribution is 2.23. The van der Waals surface area contributed by atoms with Crippen molar-refractivity contribution in [3.63, 3.8) is 0 Å². The topological polar surface area (TPSA) is 101 Å². The van der Waals surface area contributed by atoms with E-state index in [1.807, 2.05) is 12.1 Å². The Hall–Kier alpha value is -3.13. The van der Waals surface area contributed by atoms with Crippen LogP contribution in [0.1, 0.15) is 16.1 Å². The van der Waals surface area contributed by atoms with Gasteiger partial charge in [-0.2, -0.15) is 5.10 Å². The molecular formula is C18H13BrN2O5. The van der Waals surface area contributed by atoms with Crippen molar-refractivity contribution in [2.75, 3.05) is 6.61 Å². The molecule has 26 heavy (non-hydrogen) atoms. The molecule has 2 N–H and O–H groups in total. The molecule has 1 aromatic heterocycles. The standard InChI is InChI=1S/C18H13BrN2O5/c19-13-3-6-15-12(7-13)8-16(26-15)18(24)21-20-9-11-1-4-14(5-2-11)25-10-17(22)23/h1-9H,10H2,(H,21,24)(H,22,23)/b20-9+. The van der Waals surface area contributed by atoms with Crippen LogP contribution in [0, 0.1) is 0 Å². The predicted molar refractivity (Wildman–Crippen MR) is 98.5 cm³/mol. The number of furan rings is 1. The van der Waals surface area contributed by atoms with Crippen molar-refractivity contribution in [1.82, 2.24) is 5.43 Å². The van der Waals surface area contributed by atoms with E-state index >= 15 is 0 Å². The van der Waals surface area contributed by atoms with E-state index in [9.17, 15) is 9.59 Å². The Bertz CT molecular complexity index is 979. The summed E-state index contributed by atoms with van der Waals surface area (Å²) in [6.45, 7) is -0.405. The number of benzene rings is 2. The summed E-state index contributed by atoms with van der Waals surface area (Å²) in [6, 6.07) is 13.7. The second-order valence-corrected chi connectivity index (χ2v) is 6.16. The lowest BCUT2D eigenvalue weighted by Crippen LogP contribution is -2.16. The molecule has 0 saturated carbocycles. The Morgan fingerprint density at radius 1 is 1.19 bits per heavy atom. The number of carboxylic acid groups (broad SMARTS) is 1. The van der Waals surface area contributed by atoms with Crippen LogP contribution in [0.15, 0.2) is 62.5 Å². The van der Waals surface area contributed by atoms with Crippen molar-refractivity contribution in [2.45, 2.75) is 0 Å². The zero-order valence-corrected chi connectivity index (χ0v) is 14.9. The molecule has 0 spiro atoms. The first-order valence-corrected chi connectivity index (χ1v) is 8.28. The number of carbonyl (C=O) groups excluding carboxylic acids is 1.